The van der Waals surface area contributed by atoms with Gasteiger partial charge in [0.05, 0.1) is 0 Å². The molecule has 2 heterocycles. The van der Waals surface area contributed by atoms with Gasteiger partial charge in [-0.2, -0.15) is 0 Å². The van der Waals surface area contributed by atoms with Gasteiger partial charge in [-0.25, -0.2) is 4.90 Å². The molecular formula is C14H24N4O3S. The van der Waals surface area contributed by atoms with Crippen LogP contribution >= 0.6 is 11.3 Å². The molecule has 4 atom stereocenters. The van der Waals surface area contributed by atoms with E-state index < -0.39 is 23.3 Å². The Hall–Kier alpha value is -0.900. The lowest BCUT2D eigenvalue weighted by molar-refractivity contribution is -0.0788. The van der Waals surface area contributed by atoms with Crippen molar-refractivity contribution in [3.8, 4) is 0 Å². The minimum absolute atomic E-state index is 0.190. The zero-order valence-electron chi connectivity index (χ0n) is 13.7. The summed E-state index contributed by atoms with van der Waals surface area (Å²) in [6.07, 6.45) is -0.835. The van der Waals surface area contributed by atoms with Crippen molar-refractivity contribution in [2.24, 2.45) is 0 Å². The molecule has 124 valence electrons. The van der Waals surface area contributed by atoms with E-state index in [0.717, 1.165) is 5.01 Å². The van der Waals surface area contributed by atoms with Crippen LogP contribution in [0.4, 0.5) is 5.13 Å². The van der Waals surface area contributed by atoms with Crippen LogP contribution in [0.5, 0.6) is 0 Å². The molecule has 1 N–H and O–H groups in total. The average molecular weight is 328 g/mol. The van der Waals surface area contributed by atoms with Crippen LogP contribution in [-0.2, 0) is 10.2 Å². The predicted octanol–water partition coefficient (Wildman–Crippen LogP) is 1.78. The molecule has 0 bridgehead atoms. The van der Waals surface area contributed by atoms with Crippen molar-refractivity contribution >= 4 is 16.5 Å². The van der Waals surface area contributed by atoms with Crippen molar-refractivity contribution in [2.45, 2.75) is 51.7 Å². The molecule has 22 heavy (non-hydrogen) atoms. The first kappa shape index (κ1) is 17.5. The van der Waals surface area contributed by atoms with Gasteiger partial charge in [0.25, 0.3) is 0 Å². The predicted molar refractivity (Wildman–Crippen MR) is 86.9 cm³/mol. The van der Waals surface area contributed by atoms with Gasteiger partial charge in [-0.1, -0.05) is 31.9 Å². The zero-order valence-corrected chi connectivity index (χ0v) is 14.5. The number of aromatic nitrogens is 2. The maximum Gasteiger partial charge on any atom is 0.310 e. The molecule has 1 saturated heterocycles. The largest absolute Gasteiger partial charge is 0.622 e. The highest BCUT2D eigenvalue weighted by Crippen LogP contribution is 2.41. The molecule has 1 aromatic heterocycles. The topological polar surface area (TPSA) is 81.5 Å². The molecular weight excluding hydrogens is 304 g/mol. The molecule has 7 nitrogen and oxygen atoms in total. The molecule has 0 aliphatic carbocycles. The summed E-state index contributed by atoms with van der Waals surface area (Å²) in [6.45, 7) is 11.9. The highest BCUT2D eigenvalue weighted by Gasteiger charge is 2.55. The fourth-order valence-electron chi connectivity index (χ4n) is 2.61. The summed E-state index contributed by atoms with van der Waals surface area (Å²) in [7, 11) is 1.48. The molecule has 1 aromatic rings. The van der Waals surface area contributed by atoms with Crippen LogP contribution in [0.15, 0.2) is 12.7 Å². The number of aliphatic hydroxyl groups is 1. The van der Waals surface area contributed by atoms with Crippen LogP contribution in [0, 0.1) is 5.21 Å². The Bertz CT molecular complexity index is 544. The molecule has 0 spiro atoms. The molecule has 2 rings (SSSR count). The van der Waals surface area contributed by atoms with E-state index >= 15 is 0 Å². The van der Waals surface area contributed by atoms with Crippen molar-refractivity contribution in [2.75, 3.05) is 13.7 Å². The monoisotopic (exact) mass is 328 g/mol. The van der Waals surface area contributed by atoms with E-state index in [0.29, 0.717) is 6.54 Å². The highest BCUT2D eigenvalue weighted by atomic mass is 32.1. The Labute approximate surface area is 135 Å². The number of hydrogen-bond acceptors (Lipinski definition) is 7. The van der Waals surface area contributed by atoms with Gasteiger partial charge in [-0.15, -0.1) is 11.7 Å². The third-order valence-electron chi connectivity index (χ3n) is 3.95. The first-order valence-corrected chi connectivity index (χ1v) is 8.01. The van der Waals surface area contributed by atoms with Gasteiger partial charge in [0.15, 0.2) is 12.4 Å². The maximum atomic E-state index is 13.4. The third-order valence-corrected chi connectivity index (χ3v) is 5.38. The van der Waals surface area contributed by atoms with Crippen molar-refractivity contribution in [1.29, 1.82) is 0 Å². The van der Waals surface area contributed by atoms with Gasteiger partial charge in [0.2, 0.25) is 6.23 Å². The first-order chi connectivity index (χ1) is 10.2. The Morgan fingerprint density at radius 1 is 1.50 bits per heavy atom. The van der Waals surface area contributed by atoms with E-state index in [1.165, 1.54) is 18.4 Å². The van der Waals surface area contributed by atoms with E-state index in [2.05, 4.69) is 16.8 Å². The van der Waals surface area contributed by atoms with E-state index in [9.17, 15) is 10.3 Å². The van der Waals surface area contributed by atoms with Crippen molar-refractivity contribution < 1.29 is 9.84 Å². The summed E-state index contributed by atoms with van der Waals surface area (Å²) in [4.78, 5) is 1.78. The molecule has 1 aliphatic heterocycles. The van der Waals surface area contributed by atoms with Crippen molar-refractivity contribution in [3.05, 3.63) is 22.9 Å². The lowest BCUT2D eigenvalue weighted by Crippen LogP contribution is -2.55. The van der Waals surface area contributed by atoms with Crippen molar-refractivity contribution in [3.63, 3.8) is 0 Å². The highest BCUT2D eigenvalue weighted by molar-refractivity contribution is 7.15. The second-order valence-corrected chi connectivity index (χ2v) is 7.46. The molecule has 0 radical (unpaired) electrons. The van der Waals surface area contributed by atoms with Gasteiger partial charge >= 0.3 is 5.13 Å². The van der Waals surface area contributed by atoms with Crippen LogP contribution in [0.1, 0.15) is 32.7 Å². The van der Waals surface area contributed by atoms with Gasteiger partial charge in [-0.05, 0) is 11.3 Å². The van der Waals surface area contributed by atoms with Crippen LogP contribution in [0.25, 0.3) is 0 Å². The number of ether oxygens (including phenoxy) is 1. The second kappa shape index (κ2) is 5.95. The number of aliphatic hydroxyl groups excluding tert-OH is 1. The van der Waals surface area contributed by atoms with Gasteiger partial charge < -0.3 is 15.1 Å². The molecule has 1 fully saturated rings. The number of rotatable bonds is 4. The van der Waals surface area contributed by atoms with Crippen molar-refractivity contribution in [1.82, 2.24) is 19.7 Å². The molecule has 1 aliphatic rings. The first-order valence-electron chi connectivity index (χ1n) is 7.19. The summed E-state index contributed by atoms with van der Waals surface area (Å²) in [5.41, 5.74) is -0.190. The molecule has 0 aromatic carbocycles. The average Bonchev–Trinajstić information content (AvgIpc) is 3.00. The number of hydrogen-bond donors (Lipinski definition) is 1. The number of hydroxylamine groups is 2. The molecule has 0 saturated carbocycles. The van der Waals surface area contributed by atoms with Crippen LogP contribution < -0.4 is 4.65 Å². The summed E-state index contributed by atoms with van der Waals surface area (Å²) in [5, 5.41) is 33.1. The minimum atomic E-state index is -1.28. The number of quaternary nitrogens is 1. The Balaban J connectivity index is 2.43. The fourth-order valence-corrected chi connectivity index (χ4v) is 3.66. The molecule has 8 heteroatoms. The standard InChI is InChI=1S/C14H24N4O3S/c1-7-8-17-9(2)18(20,11(19)10(17)21-6)13-16-15-12(22-13)14(3,4)5/h7,9-11,19H,1,8H2,2-6H3. The number of methoxy groups -OCH3 is 1. The van der Waals surface area contributed by atoms with Gasteiger partial charge in [0, 0.05) is 26.0 Å². The Kier molecular flexibility index (Phi) is 4.72. The lowest BCUT2D eigenvalue weighted by atomic mass is 9.98. The third kappa shape index (κ3) is 2.60. The van der Waals surface area contributed by atoms with Gasteiger partial charge in [-0.3, -0.25) is 4.65 Å². The van der Waals surface area contributed by atoms with E-state index in [1.807, 2.05) is 20.8 Å². The normalized spacial score (nSPS) is 33.3. The fraction of sp³-hybridized carbons (Fsp3) is 0.714. The summed E-state index contributed by atoms with van der Waals surface area (Å²) in [6, 6.07) is 0. The zero-order chi connectivity index (χ0) is 16.7. The smallest absolute Gasteiger partial charge is 0.310 e. The molecule has 4 unspecified atom stereocenters. The maximum absolute atomic E-state index is 13.4. The summed E-state index contributed by atoms with van der Waals surface area (Å²) < 4.78 is 4.35. The summed E-state index contributed by atoms with van der Waals surface area (Å²) in [5.74, 6) is 0. The van der Waals surface area contributed by atoms with Crippen LogP contribution in [0.3, 0.4) is 0 Å². The molecule has 0 amide bonds. The summed E-state index contributed by atoms with van der Waals surface area (Å²) >= 11 is 1.25. The van der Waals surface area contributed by atoms with Crippen LogP contribution in [0.2, 0.25) is 0 Å². The lowest BCUT2D eigenvalue weighted by Gasteiger charge is -2.41. The SMILES string of the molecule is C=CCN1C(OC)C(O)[N+]([O-])(c2nnc(C(C)(C)C)s2)C1C. The second-order valence-electron chi connectivity index (χ2n) is 6.51. The van der Waals surface area contributed by atoms with E-state index in [-0.39, 0.29) is 10.5 Å². The Morgan fingerprint density at radius 2 is 2.14 bits per heavy atom. The van der Waals surface area contributed by atoms with E-state index in [1.54, 1.807) is 17.9 Å². The van der Waals surface area contributed by atoms with Crippen LogP contribution in [-0.4, -0.2) is 52.5 Å². The van der Waals surface area contributed by atoms with E-state index in [4.69, 9.17) is 4.74 Å². The minimum Gasteiger partial charge on any atom is -0.622 e. The van der Waals surface area contributed by atoms with Gasteiger partial charge in [0.1, 0.15) is 5.01 Å². The quantitative estimate of drug-likeness (QED) is 0.515. The number of nitrogens with zero attached hydrogens (tertiary/aromatic N) is 4. The Morgan fingerprint density at radius 3 is 2.59 bits per heavy atom.